The first-order chi connectivity index (χ1) is 6.67. The van der Waals surface area contributed by atoms with Gasteiger partial charge < -0.3 is 4.74 Å². The van der Waals surface area contributed by atoms with Crippen LogP contribution in [0.15, 0.2) is 5.38 Å². The van der Waals surface area contributed by atoms with Crippen molar-refractivity contribution in [2.75, 3.05) is 7.11 Å². The fourth-order valence-electron chi connectivity index (χ4n) is 1.21. The highest BCUT2D eigenvalue weighted by atomic mass is 32.1. The minimum absolute atomic E-state index is 0.0872. The molecule has 0 aromatic carbocycles. The molecule has 0 spiro atoms. The molecule has 2 atom stereocenters. The van der Waals surface area contributed by atoms with Gasteiger partial charge in [-0.3, -0.25) is 11.3 Å². The lowest BCUT2D eigenvalue weighted by atomic mass is 10.1. The molecule has 4 nitrogen and oxygen atoms in total. The Balaban J connectivity index is 2.56. The molecule has 1 rings (SSSR count). The van der Waals surface area contributed by atoms with Crippen LogP contribution in [0.4, 0.5) is 0 Å². The average molecular weight is 215 g/mol. The van der Waals surface area contributed by atoms with Crippen molar-refractivity contribution in [3.8, 4) is 0 Å². The van der Waals surface area contributed by atoms with Crippen molar-refractivity contribution in [1.82, 2.24) is 10.4 Å². The lowest BCUT2D eigenvalue weighted by Gasteiger charge is -2.20. The maximum Gasteiger partial charge on any atom is 0.0945 e. The number of thiazole rings is 1. The number of hydrogen-bond donors (Lipinski definition) is 2. The van der Waals surface area contributed by atoms with E-state index in [1.807, 2.05) is 19.2 Å². The molecule has 1 aromatic rings. The van der Waals surface area contributed by atoms with Crippen molar-refractivity contribution in [3.63, 3.8) is 0 Å². The molecule has 1 heterocycles. The van der Waals surface area contributed by atoms with Crippen molar-refractivity contribution in [2.45, 2.75) is 32.4 Å². The van der Waals surface area contributed by atoms with Crippen molar-refractivity contribution < 1.29 is 4.74 Å². The number of nitrogens with one attached hydrogen (secondary N) is 1. The van der Waals surface area contributed by atoms with Gasteiger partial charge in [0.2, 0.25) is 0 Å². The van der Waals surface area contributed by atoms with Gasteiger partial charge in [0.15, 0.2) is 0 Å². The number of nitrogens with zero attached hydrogens (tertiary/aromatic N) is 1. The highest BCUT2D eigenvalue weighted by molar-refractivity contribution is 7.09. The van der Waals surface area contributed by atoms with E-state index in [1.165, 1.54) is 0 Å². The summed E-state index contributed by atoms with van der Waals surface area (Å²) in [6.07, 6.45) is 0.897. The zero-order chi connectivity index (χ0) is 10.6. The smallest absolute Gasteiger partial charge is 0.0945 e. The Morgan fingerprint density at radius 2 is 2.43 bits per heavy atom. The maximum atomic E-state index is 5.45. The SMILES string of the molecule is COC(C)C(Cc1nc(C)cs1)NN. The van der Waals surface area contributed by atoms with E-state index in [0.29, 0.717) is 0 Å². The summed E-state index contributed by atoms with van der Waals surface area (Å²) >= 11 is 1.66. The van der Waals surface area contributed by atoms with E-state index in [4.69, 9.17) is 10.6 Å². The second-order valence-corrected chi connectivity index (χ2v) is 4.24. The molecule has 0 aliphatic rings. The Kier molecular flexibility index (Phi) is 4.47. The van der Waals surface area contributed by atoms with Crippen LogP contribution in [0, 0.1) is 6.92 Å². The van der Waals surface area contributed by atoms with Crippen LogP contribution in [0.25, 0.3) is 0 Å². The maximum absolute atomic E-state index is 5.45. The zero-order valence-corrected chi connectivity index (χ0v) is 9.60. The Morgan fingerprint density at radius 3 is 2.86 bits per heavy atom. The molecule has 0 aliphatic heterocycles. The van der Waals surface area contributed by atoms with Gasteiger partial charge in [0.05, 0.1) is 17.2 Å². The minimum atomic E-state index is 0.0872. The Bertz CT molecular complexity index is 277. The first-order valence-corrected chi connectivity index (χ1v) is 5.45. The van der Waals surface area contributed by atoms with E-state index in [9.17, 15) is 0 Å². The normalized spacial score (nSPS) is 15.4. The van der Waals surface area contributed by atoms with Crippen molar-refractivity contribution in [2.24, 2.45) is 5.84 Å². The summed E-state index contributed by atoms with van der Waals surface area (Å²) in [6, 6.07) is 0.116. The lowest BCUT2D eigenvalue weighted by molar-refractivity contribution is 0.0831. The third-order valence-corrected chi connectivity index (χ3v) is 3.20. The van der Waals surface area contributed by atoms with Gasteiger partial charge in [0, 0.05) is 24.6 Å². The van der Waals surface area contributed by atoms with Crippen LogP contribution < -0.4 is 11.3 Å². The summed E-state index contributed by atoms with van der Waals surface area (Å²) in [7, 11) is 1.68. The molecule has 0 aliphatic carbocycles. The van der Waals surface area contributed by atoms with Crippen LogP contribution in [-0.2, 0) is 11.2 Å². The Morgan fingerprint density at radius 1 is 1.71 bits per heavy atom. The predicted molar refractivity (Wildman–Crippen MR) is 58.1 cm³/mol. The molecule has 0 bridgehead atoms. The van der Waals surface area contributed by atoms with Crippen molar-refractivity contribution >= 4 is 11.3 Å². The molecule has 2 unspecified atom stereocenters. The number of rotatable bonds is 5. The molecule has 0 amide bonds. The van der Waals surface area contributed by atoms with Crippen LogP contribution in [0.3, 0.4) is 0 Å². The van der Waals surface area contributed by atoms with E-state index in [0.717, 1.165) is 17.1 Å². The molecular formula is C9H17N3OS. The van der Waals surface area contributed by atoms with E-state index in [1.54, 1.807) is 18.4 Å². The van der Waals surface area contributed by atoms with Crippen LogP contribution >= 0.6 is 11.3 Å². The molecule has 3 N–H and O–H groups in total. The number of nitrogens with two attached hydrogens (primary N) is 1. The van der Waals surface area contributed by atoms with E-state index >= 15 is 0 Å². The lowest BCUT2D eigenvalue weighted by Crippen LogP contribution is -2.45. The first kappa shape index (κ1) is 11.6. The Hall–Kier alpha value is -0.490. The van der Waals surface area contributed by atoms with Gasteiger partial charge in [-0.05, 0) is 13.8 Å². The van der Waals surface area contributed by atoms with E-state index < -0.39 is 0 Å². The van der Waals surface area contributed by atoms with Crippen molar-refractivity contribution in [1.29, 1.82) is 0 Å². The molecule has 1 aromatic heterocycles. The largest absolute Gasteiger partial charge is 0.380 e. The van der Waals surface area contributed by atoms with Crippen LogP contribution in [0.1, 0.15) is 17.6 Å². The van der Waals surface area contributed by atoms with Crippen molar-refractivity contribution in [3.05, 3.63) is 16.1 Å². The second kappa shape index (κ2) is 5.41. The summed E-state index contributed by atoms with van der Waals surface area (Å²) in [5, 5.41) is 3.13. The minimum Gasteiger partial charge on any atom is -0.380 e. The standard InChI is InChI=1S/C9H17N3OS/c1-6-5-14-9(11-6)4-8(12-10)7(2)13-3/h5,7-8,12H,4,10H2,1-3H3. The molecule has 80 valence electrons. The quantitative estimate of drug-likeness (QED) is 0.565. The average Bonchev–Trinajstić information content (AvgIpc) is 2.59. The highest BCUT2D eigenvalue weighted by Gasteiger charge is 2.17. The van der Waals surface area contributed by atoms with E-state index in [-0.39, 0.29) is 12.1 Å². The second-order valence-electron chi connectivity index (χ2n) is 3.30. The molecule has 0 fully saturated rings. The van der Waals surface area contributed by atoms with E-state index in [2.05, 4.69) is 10.4 Å². The van der Waals surface area contributed by atoms with Crippen LogP contribution in [0.5, 0.6) is 0 Å². The van der Waals surface area contributed by atoms with Gasteiger partial charge in [-0.25, -0.2) is 4.98 Å². The van der Waals surface area contributed by atoms with Gasteiger partial charge in [0.25, 0.3) is 0 Å². The van der Waals surface area contributed by atoms with Crippen LogP contribution in [-0.4, -0.2) is 24.2 Å². The summed E-state index contributed by atoms with van der Waals surface area (Å²) in [5.41, 5.74) is 3.81. The summed E-state index contributed by atoms with van der Waals surface area (Å²) in [4.78, 5) is 4.38. The first-order valence-electron chi connectivity index (χ1n) is 4.57. The summed E-state index contributed by atoms with van der Waals surface area (Å²) in [6.45, 7) is 3.98. The fraction of sp³-hybridized carbons (Fsp3) is 0.667. The number of methoxy groups -OCH3 is 1. The third kappa shape index (κ3) is 3.02. The monoisotopic (exact) mass is 215 g/mol. The molecule has 0 radical (unpaired) electrons. The molecular weight excluding hydrogens is 198 g/mol. The molecule has 14 heavy (non-hydrogen) atoms. The summed E-state index contributed by atoms with van der Waals surface area (Å²) in [5.74, 6) is 5.45. The molecule has 5 heteroatoms. The van der Waals surface area contributed by atoms with Gasteiger partial charge in [-0.15, -0.1) is 11.3 Å². The highest BCUT2D eigenvalue weighted by Crippen LogP contribution is 2.12. The number of aromatic nitrogens is 1. The Labute approximate surface area is 88.5 Å². The van der Waals surface area contributed by atoms with Gasteiger partial charge in [-0.2, -0.15) is 0 Å². The van der Waals surface area contributed by atoms with Crippen LogP contribution in [0.2, 0.25) is 0 Å². The molecule has 0 saturated heterocycles. The number of ether oxygens (including phenoxy) is 1. The number of aryl methyl sites for hydroxylation is 1. The predicted octanol–water partition coefficient (Wildman–Crippen LogP) is 0.861. The van der Waals surface area contributed by atoms with Gasteiger partial charge >= 0.3 is 0 Å². The van der Waals surface area contributed by atoms with Gasteiger partial charge in [0.1, 0.15) is 0 Å². The fourth-order valence-corrected chi connectivity index (χ4v) is 2.04. The number of hydrogen-bond acceptors (Lipinski definition) is 5. The zero-order valence-electron chi connectivity index (χ0n) is 8.78. The summed E-state index contributed by atoms with van der Waals surface area (Å²) < 4.78 is 5.22. The van der Waals surface area contributed by atoms with Gasteiger partial charge in [-0.1, -0.05) is 0 Å². The molecule has 0 saturated carbocycles. The third-order valence-electron chi connectivity index (χ3n) is 2.21. The topological polar surface area (TPSA) is 60.2 Å². The number of hydrazine groups is 1.